The van der Waals surface area contributed by atoms with Crippen LogP contribution in [0.2, 0.25) is 0 Å². The van der Waals surface area contributed by atoms with Crippen LogP contribution in [0.5, 0.6) is 5.75 Å². The molecule has 0 saturated carbocycles. The monoisotopic (exact) mass is 427 g/mol. The highest BCUT2D eigenvalue weighted by Crippen LogP contribution is 2.40. The summed E-state index contributed by atoms with van der Waals surface area (Å²) < 4.78 is 77.9. The van der Waals surface area contributed by atoms with Gasteiger partial charge in [-0.15, -0.1) is 0 Å². The number of benzene rings is 2. The Bertz CT molecular complexity index is 972. The fourth-order valence-electron chi connectivity index (χ4n) is 2.93. The third-order valence-electron chi connectivity index (χ3n) is 4.33. The van der Waals surface area contributed by atoms with Gasteiger partial charge in [0.05, 0.1) is 5.69 Å². The summed E-state index contributed by atoms with van der Waals surface area (Å²) in [5, 5.41) is 0. The Kier molecular flexibility index (Phi) is 6.21. The Labute approximate surface area is 169 Å². The zero-order valence-corrected chi connectivity index (χ0v) is 16.6. The van der Waals surface area contributed by atoms with E-state index in [-0.39, 0.29) is 11.3 Å². The molecule has 0 radical (unpaired) electrons. The standard InChI is InChI=1S/C21H18F5NOS/c1-3-4-13-9-16(22)19(17(23)10-13)28-11-15-18(14-7-5-12(2)6-8-14)27-29-20(15)21(24,25)26/h5-10H,3-4,11H2,1-2H3. The zero-order valence-electron chi connectivity index (χ0n) is 15.7. The van der Waals surface area contributed by atoms with Crippen molar-refractivity contribution < 1.29 is 26.7 Å². The minimum atomic E-state index is -4.65. The molecule has 0 aliphatic heterocycles. The van der Waals surface area contributed by atoms with Crippen molar-refractivity contribution >= 4 is 11.5 Å². The Morgan fingerprint density at radius 3 is 2.21 bits per heavy atom. The van der Waals surface area contributed by atoms with Crippen LogP contribution in [0.15, 0.2) is 36.4 Å². The van der Waals surface area contributed by atoms with Crippen LogP contribution >= 0.6 is 11.5 Å². The number of hydrogen-bond donors (Lipinski definition) is 0. The lowest BCUT2D eigenvalue weighted by molar-refractivity contribution is -0.135. The molecule has 0 unspecified atom stereocenters. The number of alkyl halides is 3. The maximum Gasteiger partial charge on any atom is 0.427 e. The van der Waals surface area contributed by atoms with Gasteiger partial charge in [-0.1, -0.05) is 43.2 Å². The summed E-state index contributed by atoms with van der Waals surface area (Å²) in [5.74, 6) is -2.58. The van der Waals surface area contributed by atoms with E-state index in [4.69, 9.17) is 4.74 Å². The fourth-order valence-corrected chi connectivity index (χ4v) is 3.70. The summed E-state index contributed by atoms with van der Waals surface area (Å²) in [6, 6.07) is 9.07. The fraction of sp³-hybridized carbons (Fsp3) is 0.286. The van der Waals surface area contributed by atoms with Crippen molar-refractivity contribution in [3.8, 4) is 17.0 Å². The van der Waals surface area contributed by atoms with Crippen molar-refractivity contribution in [2.45, 2.75) is 39.5 Å². The van der Waals surface area contributed by atoms with Crippen molar-refractivity contribution in [3.05, 3.63) is 69.6 Å². The molecule has 0 atom stereocenters. The highest BCUT2D eigenvalue weighted by atomic mass is 32.1. The lowest BCUT2D eigenvalue weighted by Gasteiger charge is -2.13. The lowest BCUT2D eigenvalue weighted by atomic mass is 10.0. The van der Waals surface area contributed by atoms with Gasteiger partial charge in [0.1, 0.15) is 11.5 Å². The number of aryl methyl sites for hydroxylation is 2. The summed E-state index contributed by atoms with van der Waals surface area (Å²) in [4.78, 5) is -0.948. The van der Waals surface area contributed by atoms with Crippen molar-refractivity contribution in [3.63, 3.8) is 0 Å². The van der Waals surface area contributed by atoms with Gasteiger partial charge in [-0.25, -0.2) is 8.78 Å². The third-order valence-corrected chi connectivity index (χ3v) is 5.26. The lowest BCUT2D eigenvalue weighted by Crippen LogP contribution is -2.09. The maximum absolute atomic E-state index is 14.3. The van der Waals surface area contributed by atoms with E-state index in [1.807, 2.05) is 13.8 Å². The summed E-state index contributed by atoms with van der Waals surface area (Å²) in [5.41, 5.74) is 1.71. The predicted molar refractivity (Wildman–Crippen MR) is 102 cm³/mol. The first-order valence-electron chi connectivity index (χ1n) is 8.94. The molecule has 3 aromatic rings. The number of aromatic nitrogens is 1. The quantitative estimate of drug-likeness (QED) is 0.397. The molecule has 0 saturated heterocycles. The van der Waals surface area contributed by atoms with E-state index in [0.717, 1.165) is 17.7 Å². The highest BCUT2D eigenvalue weighted by Gasteiger charge is 2.38. The van der Waals surface area contributed by atoms with Crippen LogP contribution in [0.1, 0.15) is 34.9 Å². The average Bonchev–Trinajstić information content (AvgIpc) is 3.06. The van der Waals surface area contributed by atoms with E-state index < -0.39 is 35.0 Å². The average molecular weight is 427 g/mol. The summed E-state index contributed by atoms with van der Waals surface area (Å²) in [6.07, 6.45) is -3.46. The van der Waals surface area contributed by atoms with Gasteiger partial charge in [-0.2, -0.15) is 17.5 Å². The topological polar surface area (TPSA) is 22.1 Å². The molecule has 0 N–H and O–H groups in total. The van der Waals surface area contributed by atoms with E-state index >= 15 is 0 Å². The number of nitrogens with zero attached hydrogens (tertiary/aromatic N) is 1. The first-order valence-corrected chi connectivity index (χ1v) is 9.71. The predicted octanol–water partition coefficient (Wildman–Crippen LogP) is 6.95. The molecule has 1 heterocycles. The second-order valence-electron chi connectivity index (χ2n) is 6.63. The molecule has 8 heteroatoms. The van der Waals surface area contributed by atoms with E-state index in [1.54, 1.807) is 24.3 Å². The van der Waals surface area contributed by atoms with Crippen LogP contribution in [0.4, 0.5) is 22.0 Å². The first-order chi connectivity index (χ1) is 13.7. The van der Waals surface area contributed by atoms with Crippen molar-refractivity contribution in [2.24, 2.45) is 0 Å². The molecule has 154 valence electrons. The van der Waals surface area contributed by atoms with E-state index in [2.05, 4.69) is 4.37 Å². The van der Waals surface area contributed by atoms with Gasteiger partial charge >= 0.3 is 6.18 Å². The molecule has 1 aromatic heterocycles. The molecule has 0 spiro atoms. The highest BCUT2D eigenvalue weighted by molar-refractivity contribution is 7.06. The first kappa shape index (κ1) is 21.2. The number of ether oxygens (including phenoxy) is 1. The van der Waals surface area contributed by atoms with Gasteiger partial charge in [0.2, 0.25) is 0 Å². The molecule has 0 bridgehead atoms. The van der Waals surface area contributed by atoms with Gasteiger partial charge in [0.15, 0.2) is 17.4 Å². The summed E-state index contributed by atoms with van der Waals surface area (Å²) >= 11 is 0.292. The second-order valence-corrected chi connectivity index (χ2v) is 7.40. The molecule has 0 aliphatic rings. The van der Waals surface area contributed by atoms with Gasteiger partial charge < -0.3 is 4.74 Å². The smallest absolute Gasteiger partial charge is 0.427 e. The Hall–Kier alpha value is -2.48. The van der Waals surface area contributed by atoms with Crippen LogP contribution in [-0.4, -0.2) is 4.37 Å². The van der Waals surface area contributed by atoms with Crippen LogP contribution < -0.4 is 4.74 Å². The minimum Gasteiger partial charge on any atom is -0.483 e. The van der Waals surface area contributed by atoms with E-state index in [1.165, 1.54) is 0 Å². The molecule has 0 amide bonds. The van der Waals surface area contributed by atoms with Gasteiger partial charge in [0, 0.05) is 11.1 Å². The molecular weight excluding hydrogens is 409 g/mol. The summed E-state index contributed by atoms with van der Waals surface area (Å²) in [7, 11) is 0. The van der Waals surface area contributed by atoms with Crippen molar-refractivity contribution in [1.29, 1.82) is 0 Å². The SMILES string of the molecule is CCCc1cc(F)c(OCc2c(-c3ccc(C)cc3)nsc2C(F)(F)F)c(F)c1. The molecular formula is C21H18F5NOS. The molecule has 2 aromatic carbocycles. The Morgan fingerprint density at radius 2 is 1.66 bits per heavy atom. The van der Waals surface area contributed by atoms with Gasteiger partial charge in [0.25, 0.3) is 0 Å². The summed E-state index contributed by atoms with van der Waals surface area (Å²) in [6.45, 7) is 3.06. The second kappa shape index (κ2) is 8.49. The van der Waals surface area contributed by atoms with E-state index in [9.17, 15) is 22.0 Å². The van der Waals surface area contributed by atoms with Crippen LogP contribution in [0.3, 0.4) is 0 Å². The van der Waals surface area contributed by atoms with Crippen molar-refractivity contribution in [1.82, 2.24) is 4.37 Å². The van der Waals surface area contributed by atoms with Crippen molar-refractivity contribution in [2.75, 3.05) is 0 Å². The van der Waals surface area contributed by atoms with Crippen LogP contribution in [0.25, 0.3) is 11.3 Å². The van der Waals surface area contributed by atoms with Crippen LogP contribution in [-0.2, 0) is 19.2 Å². The van der Waals surface area contributed by atoms with Gasteiger partial charge in [-0.3, -0.25) is 0 Å². The number of halogens is 5. The molecule has 29 heavy (non-hydrogen) atoms. The largest absolute Gasteiger partial charge is 0.483 e. The normalized spacial score (nSPS) is 11.7. The zero-order chi connectivity index (χ0) is 21.2. The number of rotatable bonds is 6. The molecule has 3 rings (SSSR count). The van der Waals surface area contributed by atoms with Gasteiger partial charge in [-0.05, 0) is 42.6 Å². The minimum absolute atomic E-state index is 0.0887. The third kappa shape index (κ3) is 4.75. The van der Waals surface area contributed by atoms with E-state index in [0.29, 0.717) is 35.5 Å². The Morgan fingerprint density at radius 1 is 1.03 bits per heavy atom. The Balaban J connectivity index is 1.96. The molecule has 0 fully saturated rings. The van der Waals surface area contributed by atoms with Crippen LogP contribution in [0, 0.1) is 18.6 Å². The number of hydrogen-bond acceptors (Lipinski definition) is 3. The molecule has 2 nitrogen and oxygen atoms in total. The maximum atomic E-state index is 14.3. The molecule has 0 aliphatic carbocycles.